The van der Waals surface area contributed by atoms with E-state index in [4.69, 9.17) is 9.47 Å². The topological polar surface area (TPSA) is 96.4 Å². The van der Waals surface area contributed by atoms with Crippen LogP contribution in [0.1, 0.15) is 55.2 Å². The summed E-state index contributed by atoms with van der Waals surface area (Å²) in [6.07, 6.45) is 3.67. The second-order valence-electron chi connectivity index (χ2n) is 10.6. The lowest BCUT2D eigenvalue weighted by Crippen LogP contribution is -2.47. The maximum absolute atomic E-state index is 13.7. The molecule has 2 aliphatic heterocycles. The maximum Gasteiger partial charge on any atom is 0.243 e. The summed E-state index contributed by atoms with van der Waals surface area (Å²) in [5.74, 6) is 0.629. The van der Waals surface area contributed by atoms with Crippen molar-refractivity contribution < 1.29 is 27.8 Å². The summed E-state index contributed by atoms with van der Waals surface area (Å²) in [6.45, 7) is 5.51. The molecular weight excluding hydrogens is 584 g/mol. The molecule has 8 nitrogen and oxygen atoms in total. The van der Waals surface area contributed by atoms with Crippen LogP contribution in [0.2, 0.25) is 0 Å². The third-order valence-electron chi connectivity index (χ3n) is 7.90. The number of benzene rings is 2. The Morgan fingerprint density at radius 2 is 1.72 bits per heavy atom. The molecule has 1 atom stereocenters. The second-order valence-corrected chi connectivity index (χ2v) is 13.3. The molecule has 2 saturated heterocycles. The van der Waals surface area contributed by atoms with E-state index in [2.05, 4.69) is 15.9 Å². The van der Waals surface area contributed by atoms with E-state index >= 15 is 0 Å². The molecule has 39 heavy (non-hydrogen) atoms. The molecule has 1 amide bonds. The highest BCUT2D eigenvalue weighted by atomic mass is 79.9. The number of piperidine rings is 2. The molecule has 1 N–H and O–H groups in total. The summed E-state index contributed by atoms with van der Waals surface area (Å²) in [4.78, 5) is 14.9. The molecule has 4 rings (SSSR count). The van der Waals surface area contributed by atoms with Crippen LogP contribution in [-0.2, 0) is 25.2 Å². The minimum Gasteiger partial charge on any atom is -0.497 e. The van der Waals surface area contributed by atoms with Crippen LogP contribution in [0.25, 0.3) is 0 Å². The number of halogens is 1. The highest BCUT2D eigenvalue weighted by molar-refractivity contribution is 9.10. The summed E-state index contributed by atoms with van der Waals surface area (Å²) >= 11 is 3.42. The van der Waals surface area contributed by atoms with Crippen LogP contribution in [-0.4, -0.2) is 74.6 Å². The first-order valence-electron chi connectivity index (χ1n) is 13.6. The molecule has 2 heterocycles. The quantitative estimate of drug-likeness (QED) is 0.413. The Bertz CT molecular complexity index is 1240. The first-order chi connectivity index (χ1) is 18.5. The molecule has 0 saturated carbocycles. The Labute approximate surface area is 240 Å². The average Bonchev–Trinajstić information content (AvgIpc) is 2.91. The van der Waals surface area contributed by atoms with Crippen molar-refractivity contribution in [3.63, 3.8) is 0 Å². The molecule has 1 unspecified atom stereocenters. The van der Waals surface area contributed by atoms with Gasteiger partial charge in [0.15, 0.2) is 0 Å². The number of carbonyl (C=O) groups is 1. The first kappa shape index (κ1) is 30.0. The van der Waals surface area contributed by atoms with Crippen molar-refractivity contribution in [1.82, 2.24) is 9.21 Å². The van der Waals surface area contributed by atoms with E-state index in [1.807, 2.05) is 24.3 Å². The van der Waals surface area contributed by atoms with Crippen molar-refractivity contribution in [3.8, 4) is 5.75 Å². The summed E-state index contributed by atoms with van der Waals surface area (Å²) in [6, 6.07) is 10.9. The van der Waals surface area contributed by atoms with Gasteiger partial charge in [-0.05, 0) is 80.5 Å². The SMILES string of the molecule is COc1cc(C)c(S(=O)(=O)N2CCCCC2COCCC(=O)N2CCC(O)(c3ccc(Br)cc3)CC2)c(C)c1. The number of aryl methyl sites for hydroxylation is 2. The lowest BCUT2D eigenvalue weighted by molar-refractivity contribution is -0.137. The fourth-order valence-corrected chi connectivity index (χ4v) is 8.08. The van der Waals surface area contributed by atoms with E-state index in [1.54, 1.807) is 42.3 Å². The molecule has 10 heteroatoms. The van der Waals surface area contributed by atoms with E-state index in [0.29, 0.717) is 54.2 Å². The van der Waals surface area contributed by atoms with E-state index < -0.39 is 15.6 Å². The van der Waals surface area contributed by atoms with E-state index in [0.717, 1.165) is 29.3 Å². The van der Waals surface area contributed by atoms with Crippen molar-refractivity contribution in [1.29, 1.82) is 0 Å². The van der Waals surface area contributed by atoms with Gasteiger partial charge in [0.1, 0.15) is 5.75 Å². The average molecular weight is 624 g/mol. The lowest BCUT2D eigenvalue weighted by Gasteiger charge is -2.38. The van der Waals surface area contributed by atoms with E-state index in [1.165, 1.54) is 0 Å². The minimum absolute atomic E-state index is 0.00883. The van der Waals surface area contributed by atoms with Crippen LogP contribution in [0.5, 0.6) is 5.75 Å². The molecule has 2 fully saturated rings. The molecule has 0 aliphatic carbocycles. The van der Waals surface area contributed by atoms with Gasteiger partial charge in [-0.15, -0.1) is 0 Å². The van der Waals surface area contributed by atoms with Gasteiger partial charge in [-0.25, -0.2) is 8.42 Å². The van der Waals surface area contributed by atoms with Crippen molar-refractivity contribution >= 4 is 31.9 Å². The molecule has 2 aromatic rings. The van der Waals surface area contributed by atoms with Crippen LogP contribution in [0.15, 0.2) is 45.8 Å². The number of sulfonamides is 1. The number of nitrogens with zero attached hydrogens (tertiary/aromatic N) is 2. The van der Waals surface area contributed by atoms with Crippen LogP contribution in [0, 0.1) is 13.8 Å². The summed E-state index contributed by atoms with van der Waals surface area (Å²) < 4.78 is 41.1. The maximum atomic E-state index is 13.7. The fraction of sp³-hybridized carbons (Fsp3) is 0.552. The Hall–Kier alpha value is -1.98. The van der Waals surface area contributed by atoms with Crippen molar-refractivity contribution in [2.45, 2.75) is 68.9 Å². The number of rotatable bonds is 9. The number of ether oxygens (including phenoxy) is 2. The predicted octanol–water partition coefficient (Wildman–Crippen LogP) is 4.53. The molecule has 0 spiro atoms. The molecule has 2 aromatic carbocycles. The number of hydrogen-bond acceptors (Lipinski definition) is 6. The third kappa shape index (κ3) is 6.85. The standard InChI is InChI=1S/C29H39BrN2O6S/c1-21-18-26(37-3)19-22(2)28(21)39(35,36)32-14-5-4-6-25(32)20-38-17-11-27(33)31-15-12-29(34,13-16-31)23-7-9-24(30)10-8-23/h7-10,18-19,25,34H,4-6,11-17,20H2,1-3H3. The Morgan fingerprint density at radius 1 is 1.08 bits per heavy atom. The van der Waals surface area contributed by atoms with Gasteiger partial charge < -0.3 is 19.5 Å². The number of amides is 1. The monoisotopic (exact) mass is 622 g/mol. The summed E-state index contributed by atoms with van der Waals surface area (Å²) in [5, 5.41) is 11.1. The van der Waals surface area contributed by atoms with Gasteiger partial charge in [-0.2, -0.15) is 4.31 Å². The van der Waals surface area contributed by atoms with Gasteiger partial charge >= 0.3 is 0 Å². The summed E-state index contributed by atoms with van der Waals surface area (Å²) in [7, 11) is -2.14. The number of hydrogen-bond donors (Lipinski definition) is 1. The van der Waals surface area contributed by atoms with E-state index in [9.17, 15) is 18.3 Å². The van der Waals surface area contributed by atoms with Crippen molar-refractivity contribution in [2.75, 3.05) is 40.0 Å². The van der Waals surface area contributed by atoms with Crippen molar-refractivity contribution in [2.24, 2.45) is 0 Å². The molecule has 2 aliphatic rings. The largest absolute Gasteiger partial charge is 0.497 e. The highest BCUT2D eigenvalue weighted by Crippen LogP contribution is 2.34. The molecule has 214 valence electrons. The third-order valence-corrected chi connectivity index (χ3v) is 10.7. The smallest absolute Gasteiger partial charge is 0.243 e. The van der Waals surface area contributed by atoms with Gasteiger partial charge in [-0.3, -0.25) is 4.79 Å². The normalized spacial score (nSPS) is 20.1. The summed E-state index contributed by atoms with van der Waals surface area (Å²) in [5.41, 5.74) is 1.27. The highest BCUT2D eigenvalue weighted by Gasteiger charge is 2.37. The zero-order chi connectivity index (χ0) is 28.2. The van der Waals surface area contributed by atoms with Gasteiger partial charge in [0.25, 0.3) is 0 Å². The van der Waals surface area contributed by atoms with Crippen LogP contribution < -0.4 is 4.74 Å². The molecular formula is C29H39BrN2O6S. The van der Waals surface area contributed by atoms with Crippen LogP contribution in [0.3, 0.4) is 0 Å². The second kappa shape index (κ2) is 12.7. The van der Waals surface area contributed by atoms with Gasteiger partial charge in [0.05, 0.1) is 37.2 Å². The molecule has 0 bridgehead atoms. The number of likely N-dealkylation sites (tertiary alicyclic amines) is 1. The number of carbonyl (C=O) groups excluding carboxylic acids is 1. The van der Waals surface area contributed by atoms with Crippen LogP contribution in [0.4, 0.5) is 0 Å². The number of methoxy groups -OCH3 is 1. The van der Waals surface area contributed by atoms with Gasteiger partial charge in [0.2, 0.25) is 15.9 Å². The predicted molar refractivity (Wildman–Crippen MR) is 153 cm³/mol. The Kier molecular flexibility index (Phi) is 9.75. The lowest BCUT2D eigenvalue weighted by atomic mass is 9.84. The molecule has 0 radical (unpaired) electrons. The fourth-order valence-electron chi connectivity index (χ4n) is 5.72. The van der Waals surface area contributed by atoms with E-state index in [-0.39, 0.29) is 31.6 Å². The molecule has 0 aromatic heterocycles. The van der Waals surface area contributed by atoms with Gasteiger partial charge in [-0.1, -0.05) is 34.5 Å². The van der Waals surface area contributed by atoms with Crippen molar-refractivity contribution in [3.05, 3.63) is 57.6 Å². The number of aliphatic hydroxyl groups is 1. The minimum atomic E-state index is -3.71. The van der Waals surface area contributed by atoms with Crippen LogP contribution >= 0.6 is 15.9 Å². The Morgan fingerprint density at radius 3 is 2.33 bits per heavy atom. The Balaban J connectivity index is 1.29. The zero-order valence-electron chi connectivity index (χ0n) is 23.0. The zero-order valence-corrected chi connectivity index (χ0v) is 25.4. The van der Waals surface area contributed by atoms with Gasteiger partial charge in [0, 0.05) is 30.1 Å². The first-order valence-corrected chi connectivity index (χ1v) is 15.8.